The molecule has 3 aromatic rings. The second-order valence-electron chi connectivity index (χ2n) is 6.88. The minimum atomic E-state index is -4.37. The highest BCUT2D eigenvalue weighted by Gasteiger charge is 2.31. The second kappa shape index (κ2) is 6.65. The number of aromatic nitrogens is 4. The summed E-state index contributed by atoms with van der Waals surface area (Å²) in [6.07, 6.45) is -0.681. The summed E-state index contributed by atoms with van der Waals surface area (Å²) in [5.41, 5.74) is 0.389. The van der Waals surface area contributed by atoms with Gasteiger partial charge in [-0.2, -0.15) is 13.2 Å². The SMILES string of the molecule is Cn1ccnc1C1CNCCN1Cc1nc2cc(C(F)(F)F)ccc2n1C. The number of aryl methyl sites for hydroxylation is 2. The maximum atomic E-state index is 13.0. The average molecular weight is 378 g/mol. The summed E-state index contributed by atoms with van der Waals surface area (Å²) in [6, 6.07) is 3.80. The van der Waals surface area contributed by atoms with Crippen molar-refractivity contribution >= 4 is 11.0 Å². The van der Waals surface area contributed by atoms with Crippen molar-refractivity contribution in [3.63, 3.8) is 0 Å². The molecule has 144 valence electrons. The zero-order valence-corrected chi connectivity index (χ0v) is 15.2. The third kappa shape index (κ3) is 3.32. The summed E-state index contributed by atoms with van der Waals surface area (Å²) >= 11 is 0. The number of hydrogen-bond acceptors (Lipinski definition) is 4. The van der Waals surface area contributed by atoms with Crippen LogP contribution in [0.15, 0.2) is 30.6 Å². The molecule has 0 aliphatic carbocycles. The van der Waals surface area contributed by atoms with E-state index in [-0.39, 0.29) is 6.04 Å². The molecule has 6 nitrogen and oxygen atoms in total. The van der Waals surface area contributed by atoms with Crippen LogP contribution >= 0.6 is 0 Å². The quantitative estimate of drug-likeness (QED) is 0.761. The number of nitrogens with one attached hydrogen (secondary N) is 1. The van der Waals surface area contributed by atoms with Crippen LogP contribution in [0, 0.1) is 0 Å². The number of halogens is 3. The number of imidazole rings is 2. The van der Waals surface area contributed by atoms with Crippen molar-refractivity contribution < 1.29 is 13.2 Å². The molecule has 9 heteroatoms. The molecule has 4 rings (SSSR count). The first-order valence-corrected chi connectivity index (χ1v) is 8.79. The number of piperazine rings is 1. The predicted molar refractivity (Wildman–Crippen MR) is 94.9 cm³/mol. The topological polar surface area (TPSA) is 50.9 Å². The standard InChI is InChI=1S/C18H21F3N6/c1-25-7-6-23-17(25)15-10-22-5-8-27(15)11-16-24-13-9-12(18(19,20)21)3-4-14(13)26(16)2/h3-4,6-7,9,15,22H,5,8,10-11H2,1-2H3. The van der Waals surface area contributed by atoms with E-state index in [4.69, 9.17) is 0 Å². The highest BCUT2D eigenvalue weighted by atomic mass is 19.4. The van der Waals surface area contributed by atoms with Crippen molar-refractivity contribution in [1.82, 2.24) is 29.3 Å². The first-order chi connectivity index (χ1) is 12.8. The highest BCUT2D eigenvalue weighted by molar-refractivity contribution is 5.77. The van der Waals surface area contributed by atoms with Gasteiger partial charge in [0.2, 0.25) is 0 Å². The first kappa shape index (κ1) is 18.0. The van der Waals surface area contributed by atoms with Crippen LogP contribution in [0.3, 0.4) is 0 Å². The molecule has 1 aliphatic rings. The molecule has 2 aromatic heterocycles. The number of nitrogens with zero attached hydrogens (tertiary/aromatic N) is 5. The summed E-state index contributed by atoms with van der Waals surface area (Å²) in [5.74, 6) is 1.70. The Morgan fingerprint density at radius 2 is 2.07 bits per heavy atom. The van der Waals surface area contributed by atoms with Gasteiger partial charge in [-0.1, -0.05) is 0 Å². The van der Waals surface area contributed by atoms with Gasteiger partial charge in [0, 0.05) is 46.1 Å². The molecule has 27 heavy (non-hydrogen) atoms. The molecule has 0 amide bonds. The Morgan fingerprint density at radius 1 is 1.26 bits per heavy atom. The van der Waals surface area contributed by atoms with Gasteiger partial charge in [-0.05, 0) is 18.2 Å². The summed E-state index contributed by atoms with van der Waals surface area (Å²) in [6.45, 7) is 2.98. The molecule has 1 N–H and O–H groups in total. The second-order valence-corrected chi connectivity index (χ2v) is 6.88. The molecule has 1 aromatic carbocycles. The molecule has 1 atom stereocenters. The lowest BCUT2D eigenvalue weighted by Crippen LogP contribution is -2.46. The maximum absolute atomic E-state index is 13.0. The van der Waals surface area contributed by atoms with Gasteiger partial charge in [-0.3, -0.25) is 4.90 Å². The van der Waals surface area contributed by atoms with E-state index in [9.17, 15) is 13.2 Å². The number of rotatable bonds is 3. The van der Waals surface area contributed by atoms with E-state index in [0.29, 0.717) is 17.6 Å². The number of hydrogen-bond donors (Lipinski definition) is 1. The van der Waals surface area contributed by atoms with Crippen molar-refractivity contribution in [1.29, 1.82) is 0 Å². The lowest BCUT2D eigenvalue weighted by Gasteiger charge is -2.35. The molecule has 0 radical (unpaired) electrons. The van der Waals surface area contributed by atoms with Crippen LogP contribution in [0.4, 0.5) is 13.2 Å². The van der Waals surface area contributed by atoms with Gasteiger partial charge in [0.1, 0.15) is 11.6 Å². The minimum absolute atomic E-state index is 0.0873. The Labute approximate surface area is 154 Å². The van der Waals surface area contributed by atoms with Crippen molar-refractivity contribution in [2.75, 3.05) is 19.6 Å². The number of fused-ring (bicyclic) bond motifs is 1. The summed E-state index contributed by atoms with van der Waals surface area (Å²) < 4.78 is 42.8. The summed E-state index contributed by atoms with van der Waals surface area (Å²) in [4.78, 5) is 11.2. The molecular formula is C18H21F3N6. The van der Waals surface area contributed by atoms with Gasteiger partial charge < -0.3 is 14.5 Å². The van der Waals surface area contributed by atoms with Crippen molar-refractivity contribution in [2.45, 2.75) is 18.8 Å². The van der Waals surface area contributed by atoms with Gasteiger partial charge in [0.25, 0.3) is 0 Å². The normalized spacial score (nSPS) is 19.1. The van der Waals surface area contributed by atoms with Crippen LogP contribution in [0.1, 0.15) is 23.3 Å². The molecule has 0 spiro atoms. The fraction of sp³-hybridized carbons (Fsp3) is 0.444. The van der Waals surface area contributed by atoms with Crippen LogP contribution in [0.2, 0.25) is 0 Å². The van der Waals surface area contributed by atoms with Crippen LogP contribution in [-0.4, -0.2) is 43.6 Å². The van der Waals surface area contributed by atoms with E-state index in [1.807, 2.05) is 29.4 Å². The molecular weight excluding hydrogens is 357 g/mol. The van der Waals surface area contributed by atoms with Crippen LogP contribution in [-0.2, 0) is 26.8 Å². The summed E-state index contributed by atoms with van der Waals surface area (Å²) in [5, 5.41) is 3.38. The molecule has 1 unspecified atom stereocenters. The molecule has 1 saturated heterocycles. The first-order valence-electron chi connectivity index (χ1n) is 8.79. The van der Waals surface area contributed by atoms with Crippen molar-refractivity contribution in [2.24, 2.45) is 14.1 Å². The fourth-order valence-corrected chi connectivity index (χ4v) is 3.64. The van der Waals surface area contributed by atoms with Crippen LogP contribution < -0.4 is 5.32 Å². The predicted octanol–water partition coefficient (Wildman–Crippen LogP) is 2.47. The number of benzene rings is 1. The maximum Gasteiger partial charge on any atom is 0.416 e. The molecule has 3 heterocycles. The lowest BCUT2D eigenvalue weighted by molar-refractivity contribution is -0.137. The monoisotopic (exact) mass is 378 g/mol. The highest BCUT2D eigenvalue weighted by Crippen LogP contribution is 2.32. The van der Waals surface area contributed by atoms with E-state index >= 15 is 0 Å². The van der Waals surface area contributed by atoms with Gasteiger partial charge in [-0.25, -0.2) is 9.97 Å². The van der Waals surface area contributed by atoms with Crippen molar-refractivity contribution in [3.05, 3.63) is 47.8 Å². The average Bonchev–Trinajstić information content (AvgIpc) is 3.18. The smallest absolute Gasteiger partial charge is 0.337 e. The van der Waals surface area contributed by atoms with Gasteiger partial charge in [-0.15, -0.1) is 0 Å². The summed E-state index contributed by atoms with van der Waals surface area (Å²) in [7, 11) is 3.80. The molecule has 1 aliphatic heterocycles. The Bertz CT molecular complexity index is 958. The number of alkyl halides is 3. The minimum Gasteiger partial charge on any atom is -0.337 e. The van der Waals surface area contributed by atoms with Gasteiger partial charge >= 0.3 is 6.18 Å². The van der Waals surface area contributed by atoms with E-state index in [0.717, 1.165) is 43.4 Å². The largest absolute Gasteiger partial charge is 0.416 e. The van der Waals surface area contributed by atoms with Crippen molar-refractivity contribution in [3.8, 4) is 0 Å². The fourth-order valence-electron chi connectivity index (χ4n) is 3.64. The lowest BCUT2D eigenvalue weighted by atomic mass is 10.1. The Hall–Kier alpha value is -2.39. The van der Waals surface area contributed by atoms with E-state index in [2.05, 4.69) is 20.2 Å². The Morgan fingerprint density at radius 3 is 2.78 bits per heavy atom. The molecule has 0 bridgehead atoms. The van der Waals surface area contributed by atoms with Gasteiger partial charge in [0.15, 0.2) is 0 Å². The Kier molecular flexibility index (Phi) is 4.43. The van der Waals surface area contributed by atoms with E-state index < -0.39 is 11.7 Å². The third-order valence-electron chi connectivity index (χ3n) is 5.16. The molecule has 1 fully saturated rings. The Balaban J connectivity index is 1.65. The van der Waals surface area contributed by atoms with Gasteiger partial charge in [0.05, 0.1) is 29.2 Å². The zero-order chi connectivity index (χ0) is 19.2. The van der Waals surface area contributed by atoms with E-state index in [1.54, 1.807) is 6.20 Å². The van der Waals surface area contributed by atoms with E-state index in [1.165, 1.54) is 6.07 Å². The van der Waals surface area contributed by atoms with Crippen LogP contribution in [0.25, 0.3) is 11.0 Å². The third-order valence-corrected chi connectivity index (χ3v) is 5.16. The zero-order valence-electron chi connectivity index (χ0n) is 15.2. The molecule has 0 saturated carbocycles. The van der Waals surface area contributed by atoms with Crippen LogP contribution in [0.5, 0.6) is 0 Å².